The molecule has 0 atom stereocenters. The van der Waals surface area contributed by atoms with E-state index in [1.54, 1.807) is 30.0 Å². The number of amides is 1. The van der Waals surface area contributed by atoms with Gasteiger partial charge < -0.3 is 14.6 Å². The van der Waals surface area contributed by atoms with Crippen molar-refractivity contribution in [2.75, 3.05) is 19.9 Å². The zero-order chi connectivity index (χ0) is 19.8. The standard InChI is InChI=1S/C19H26N4O3S/c1-13(2)12-23-16(21-22-19(23)27-4)9-6-10-20-17(24)14-7-5-8-15(11-14)18(25)26-3/h5,7-8,11,13H,6,9-10,12H2,1-4H3,(H,20,24). The Morgan fingerprint density at radius 1 is 1.26 bits per heavy atom. The third kappa shape index (κ3) is 5.82. The SMILES string of the molecule is COC(=O)c1cccc(C(=O)NCCCc2nnc(SC)n2CC(C)C)c1. The summed E-state index contributed by atoms with van der Waals surface area (Å²) in [6, 6.07) is 6.49. The minimum atomic E-state index is -0.460. The molecule has 0 spiro atoms. The van der Waals surface area contributed by atoms with Gasteiger partial charge in [-0.05, 0) is 36.8 Å². The number of nitrogens with one attached hydrogen (secondary N) is 1. The van der Waals surface area contributed by atoms with Gasteiger partial charge in [-0.25, -0.2) is 4.79 Å². The lowest BCUT2D eigenvalue weighted by Crippen LogP contribution is -2.25. The van der Waals surface area contributed by atoms with Crippen LogP contribution in [0.1, 0.15) is 46.8 Å². The van der Waals surface area contributed by atoms with E-state index in [2.05, 4.69) is 38.7 Å². The second-order valence-electron chi connectivity index (χ2n) is 6.54. The molecular weight excluding hydrogens is 364 g/mol. The number of methoxy groups -OCH3 is 1. The first-order valence-corrected chi connectivity index (χ1v) is 10.1. The van der Waals surface area contributed by atoms with Gasteiger partial charge in [0.2, 0.25) is 0 Å². The maximum absolute atomic E-state index is 12.3. The van der Waals surface area contributed by atoms with Crippen LogP contribution in [0.2, 0.25) is 0 Å². The van der Waals surface area contributed by atoms with Crippen LogP contribution in [0.5, 0.6) is 0 Å². The molecule has 0 aliphatic rings. The lowest BCUT2D eigenvalue weighted by molar-refractivity contribution is 0.0600. The highest BCUT2D eigenvalue weighted by atomic mass is 32.2. The smallest absolute Gasteiger partial charge is 0.337 e. The molecule has 0 radical (unpaired) electrons. The number of carbonyl (C=O) groups excluding carboxylic acids is 2. The minimum absolute atomic E-state index is 0.214. The molecule has 0 saturated carbocycles. The maximum Gasteiger partial charge on any atom is 0.337 e. The van der Waals surface area contributed by atoms with E-state index < -0.39 is 5.97 Å². The van der Waals surface area contributed by atoms with E-state index in [1.165, 1.54) is 13.2 Å². The molecule has 8 heteroatoms. The number of rotatable bonds is 9. The second-order valence-corrected chi connectivity index (χ2v) is 7.31. The fourth-order valence-corrected chi connectivity index (χ4v) is 3.18. The Hall–Kier alpha value is -2.35. The molecule has 0 aliphatic heterocycles. The zero-order valence-corrected chi connectivity index (χ0v) is 17.0. The van der Waals surface area contributed by atoms with Crippen molar-refractivity contribution in [2.24, 2.45) is 5.92 Å². The summed E-state index contributed by atoms with van der Waals surface area (Å²) < 4.78 is 6.83. The molecule has 0 bridgehead atoms. The largest absolute Gasteiger partial charge is 0.465 e. The number of nitrogens with zero attached hydrogens (tertiary/aromatic N) is 3. The van der Waals surface area contributed by atoms with E-state index in [0.717, 1.165) is 30.4 Å². The van der Waals surface area contributed by atoms with Crippen molar-refractivity contribution >= 4 is 23.6 Å². The number of esters is 1. The molecule has 2 aromatic rings. The summed E-state index contributed by atoms with van der Waals surface area (Å²) in [7, 11) is 1.32. The van der Waals surface area contributed by atoms with Crippen molar-refractivity contribution in [2.45, 2.75) is 38.4 Å². The Morgan fingerprint density at radius 3 is 2.67 bits per heavy atom. The Balaban J connectivity index is 1.89. The summed E-state index contributed by atoms with van der Waals surface area (Å²) in [5.41, 5.74) is 0.794. The number of benzene rings is 1. The second kappa shape index (κ2) is 10.1. The summed E-state index contributed by atoms with van der Waals surface area (Å²) in [4.78, 5) is 23.9. The monoisotopic (exact) mass is 390 g/mol. The van der Waals surface area contributed by atoms with Gasteiger partial charge in [-0.1, -0.05) is 31.7 Å². The van der Waals surface area contributed by atoms with Crippen LogP contribution in [0.15, 0.2) is 29.4 Å². The molecule has 7 nitrogen and oxygen atoms in total. The minimum Gasteiger partial charge on any atom is -0.465 e. The highest BCUT2D eigenvalue weighted by molar-refractivity contribution is 7.98. The van der Waals surface area contributed by atoms with Crippen LogP contribution in [-0.2, 0) is 17.7 Å². The van der Waals surface area contributed by atoms with Gasteiger partial charge in [0, 0.05) is 25.1 Å². The van der Waals surface area contributed by atoms with Crippen LogP contribution in [0.3, 0.4) is 0 Å². The van der Waals surface area contributed by atoms with Crippen LogP contribution in [0.25, 0.3) is 0 Å². The zero-order valence-electron chi connectivity index (χ0n) is 16.2. The lowest BCUT2D eigenvalue weighted by Gasteiger charge is -2.12. The summed E-state index contributed by atoms with van der Waals surface area (Å²) in [6.45, 7) is 5.72. The molecule has 0 unspecified atom stereocenters. The van der Waals surface area contributed by atoms with Gasteiger partial charge in [0.15, 0.2) is 5.16 Å². The Kier molecular flexibility index (Phi) is 7.84. The van der Waals surface area contributed by atoms with E-state index >= 15 is 0 Å². The van der Waals surface area contributed by atoms with E-state index in [4.69, 9.17) is 0 Å². The third-order valence-electron chi connectivity index (χ3n) is 3.93. The maximum atomic E-state index is 12.3. The molecule has 27 heavy (non-hydrogen) atoms. The fourth-order valence-electron chi connectivity index (χ4n) is 2.66. The number of hydrogen-bond donors (Lipinski definition) is 1. The van der Waals surface area contributed by atoms with Crippen molar-refractivity contribution in [3.63, 3.8) is 0 Å². The normalized spacial score (nSPS) is 10.9. The number of thioether (sulfide) groups is 1. The molecule has 1 amide bonds. The summed E-state index contributed by atoms with van der Waals surface area (Å²) >= 11 is 1.59. The molecule has 1 aromatic heterocycles. The predicted molar refractivity (Wildman–Crippen MR) is 105 cm³/mol. The van der Waals surface area contributed by atoms with Gasteiger partial charge >= 0.3 is 5.97 Å². The molecule has 0 aliphatic carbocycles. The fraction of sp³-hybridized carbons (Fsp3) is 0.474. The molecule has 1 N–H and O–H groups in total. The van der Waals surface area contributed by atoms with Crippen molar-refractivity contribution < 1.29 is 14.3 Å². The molecule has 1 heterocycles. The van der Waals surface area contributed by atoms with Gasteiger partial charge in [-0.15, -0.1) is 10.2 Å². The van der Waals surface area contributed by atoms with Crippen LogP contribution < -0.4 is 5.32 Å². The predicted octanol–water partition coefficient (Wildman–Crippen LogP) is 2.81. The molecular formula is C19H26N4O3S. The van der Waals surface area contributed by atoms with Gasteiger partial charge in [0.05, 0.1) is 12.7 Å². The summed E-state index contributed by atoms with van der Waals surface area (Å²) in [5.74, 6) is 0.773. The molecule has 146 valence electrons. The first kappa shape index (κ1) is 21.0. The highest BCUT2D eigenvalue weighted by Gasteiger charge is 2.13. The number of aromatic nitrogens is 3. The number of ether oxygens (including phenoxy) is 1. The van der Waals surface area contributed by atoms with Gasteiger partial charge in [-0.2, -0.15) is 0 Å². The van der Waals surface area contributed by atoms with Crippen molar-refractivity contribution in [3.8, 4) is 0 Å². The van der Waals surface area contributed by atoms with Crippen molar-refractivity contribution in [1.82, 2.24) is 20.1 Å². The van der Waals surface area contributed by atoms with Gasteiger partial charge in [0.1, 0.15) is 5.82 Å². The topological polar surface area (TPSA) is 86.1 Å². The van der Waals surface area contributed by atoms with Crippen LogP contribution >= 0.6 is 11.8 Å². The number of aryl methyl sites for hydroxylation is 1. The highest BCUT2D eigenvalue weighted by Crippen LogP contribution is 2.16. The Morgan fingerprint density at radius 2 is 2.00 bits per heavy atom. The Bertz CT molecular complexity index is 789. The average Bonchev–Trinajstić information content (AvgIpc) is 3.05. The first-order valence-electron chi connectivity index (χ1n) is 8.89. The van der Waals surface area contributed by atoms with Gasteiger partial charge in [-0.3, -0.25) is 4.79 Å². The number of hydrogen-bond acceptors (Lipinski definition) is 6. The van der Waals surface area contributed by atoms with Gasteiger partial charge in [0.25, 0.3) is 5.91 Å². The summed E-state index contributed by atoms with van der Waals surface area (Å²) in [6.07, 6.45) is 3.49. The van der Waals surface area contributed by atoms with Crippen molar-refractivity contribution in [1.29, 1.82) is 0 Å². The van der Waals surface area contributed by atoms with Crippen LogP contribution in [-0.4, -0.2) is 46.6 Å². The quantitative estimate of drug-likeness (QED) is 0.403. The van der Waals surface area contributed by atoms with Crippen LogP contribution in [0.4, 0.5) is 0 Å². The van der Waals surface area contributed by atoms with E-state index in [9.17, 15) is 9.59 Å². The average molecular weight is 391 g/mol. The van der Waals surface area contributed by atoms with Crippen LogP contribution in [0, 0.1) is 5.92 Å². The Labute approximate surface area is 163 Å². The third-order valence-corrected chi connectivity index (χ3v) is 4.60. The van der Waals surface area contributed by atoms with Crippen molar-refractivity contribution in [3.05, 3.63) is 41.2 Å². The van der Waals surface area contributed by atoms with E-state index in [-0.39, 0.29) is 5.91 Å². The van der Waals surface area contributed by atoms with E-state index in [1.807, 2.05) is 6.26 Å². The number of carbonyl (C=O) groups is 2. The molecule has 1 aromatic carbocycles. The van der Waals surface area contributed by atoms with E-state index in [0.29, 0.717) is 23.6 Å². The molecule has 0 fully saturated rings. The molecule has 2 rings (SSSR count). The molecule has 0 saturated heterocycles. The lowest BCUT2D eigenvalue weighted by atomic mass is 10.1. The summed E-state index contributed by atoms with van der Waals surface area (Å²) in [5, 5.41) is 12.3. The first-order chi connectivity index (χ1) is 13.0.